The number of piperidine rings is 1. The van der Waals surface area contributed by atoms with Crippen LogP contribution in [0, 0.1) is 5.92 Å². The fourth-order valence-corrected chi connectivity index (χ4v) is 4.60. The average molecular weight is 368 g/mol. The van der Waals surface area contributed by atoms with Crippen LogP contribution in [0.3, 0.4) is 0 Å². The number of amides is 1. The molecule has 2 rings (SSSR count). The Morgan fingerprint density at radius 1 is 1.28 bits per heavy atom. The van der Waals surface area contributed by atoms with Gasteiger partial charge in [-0.1, -0.05) is 31.2 Å². The van der Waals surface area contributed by atoms with Gasteiger partial charge in [0.05, 0.1) is 5.75 Å². The summed E-state index contributed by atoms with van der Waals surface area (Å²) in [5.74, 6) is 0.428. The molecule has 0 aliphatic carbocycles. The molecular weight excluding hydrogens is 338 g/mol. The number of rotatable bonds is 7. The lowest BCUT2D eigenvalue weighted by Gasteiger charge is -2.29. The topological polar surface area (TPSA) is 92.5 Å². The van der Waals surface area contributed by atoms with Crippen molar-refractivity contribution in [2.24, 2.45) is 11.7 Å². The summed E-state index contributed by atoms with van der Waals surface area (Å²) < 4.78 is 27.0. The SMILES string of the molecule is CC(N)CC(=O)NCc1ccccc1CS(=O)(=O)N1CCC(C)CC1. The number of hydrogen-bond acceptors (Lipinski definition) is 4. The Bertz CT molecular complexity index is 681. The third-order valence-corrected chi connectivity index (χ3v) is 6.40. The molecule has 0 radical (unpaired) electrons. The maximum atomic E-state index is 12.7. The highest BCUT2D eigenvalue weighted by Gasteiger charge is 2.27. The van der Waals surface area contributed by atoms with E-state index in [2.05, 4.69) is 12.2 Å². The Hall–Kier alpha value is -1.44. The van der Waals surface area contributed by atoms with Crippen molar-refractivity contribution in [3.63, 3.8) is 0 Å². The van der Waals surface area contributed by atoms with Gasteiger partial charge in [-0.2, -0.15) is 0 Å². The third kappa shape index (κ3) is 6.09. The van der Waals surface area contributed by atoms with E-state index in [9.17, 15) is 13.2 Å². The number of sulfonamides is 1. The lowest BCUT2D eigenvalue weighted by Crippen LogP contribution is -2.38. The predicted molar refractivity (Wildman–Crippen MR) is 99.1 cm³/mol. The zero-order valence-corrected chi connectivity index (χ0v) is 15.9. The monoisotopic (exact) mass is 367 g/mol. The molecule has 0 spiro atoms. The summed E-state index contributed by atoms with van der Waals surface area (Å²) in [6.07, 6.45) is 2.08. The highest BCUT2D eigenvalue weighted by atomic mass is 32.2. The van der Waals surface area contributed by atoms with Crippen molar-refractivity contribution in [1.29, 1.82) is 0 Å². The predicted octanol–water partition coefficient (Wildman–Crippen LogP) is 1.60. The van der Waals surface area contributed by atoms with Crippen LogP contribution in [0.4, 0.5) is 0 Å². The molecule has 1 aromatic rings. The summed E-state index contributed by atoms with van der Waals surface area (Å²) in [4.78, 5) is 11.8. The van der Waals surface area contributed by atoms with Crippen LogP contribution in [0.2, 0.25) is 0 Å². The van der Waals surface area contributed by atoms with Gasteiger partial charge in [0.25, 0.3) is 0 Å². The van der Waals surface area contributed by atoms with E-state index in [0.29, 0.717) is 25.6 Å². The zero-order valence-electron chi connectivity index (χ0n) is 15.1. The number of nitrogens with one attached hydrogen (secondary N) is 1. The van der Waals surface area contributed by atoms with Gasteiger partial charge in [0, 0.05) is 32.1 Å². The highest BCUT2D eigenvalue weighted by Crippen LogP contribution is 2.22. The van der Waals surface area contributed by atoms with Gasteiger partial charge in [-0.3, -0.25) is 4.79 Å². The molecule has 1 unspecified atom stereocenters. The molecule has 3 N–H and O–H groups in total. The molecule has 1 amide bonds. The van der Waals surface area contributed by atoms with Gasteiger partial charge in [-0.25, -0.2) is 12.7 Å². The molecule has 25 heavy (non-hydrogen) atoms. The Labute approximate surface area is 150 Å². The first kappa shape index (κ1) is 19.9. The summed E-state index contributed by atoms with van der Waals surface area (Å²) >= 11 is 0. The quantitative estimate of drug-likeness (QED) is 0.766. The molecule has 0 aromatic heterocycles. The maximum absolute atomic E-state index is 12.7. The first-order chi connectivity index (χ1) is 11.8. The number of benzene rings is 1. The van der Waals surface area contributed by atoms with Crippen molar-refractivity contribution < 1.29 is 13.2 Å². The number of nitrogens with two attached hydrogens (primary N) is 1. The summed E-state index contributed by atoms with van der Waals surface area (Å²) in [5, 5.41) is 2.81. The number of carbonyl (C=O) groups is 1. The van der Waals surface area contributed by atoms with Crippen LogP contribution in [0.1, 0.15) is 44.2 Å². The molecule has 0 bridgehead atoms. The molecule has 1 saturated heterocycles. The van der Waals surface area contributed by atoms with Gasteiger partial charge in [0.15, 0.2) is 0 Å². The summed E-state index contributed by atoms with van der Waals surface area (Å²) in [5.41, 5.74) is 7.19. The summed E-state index contributed by atoms with van der Waals surface area (Å²) in [7, 11) is -3.34. The van der Waals surface area contributed by atoms with E-state index in [0.717, 1.165) is 24.0 Å². The van der Waals surface area contributed by atoms with E-state index < -0.39 is 10.0 Å². The molecule has 1 aromatic carbocycles. The maximum Gasteiger partial charge on any atom is 0.221 e. The highest BCUT2D eigenvalue weighted by molar-refractivity contribution is 7.88. The van der Waals surface area contributed by atoms with E-state index in [4.69, 9.17) is 5.73 Å². The largest absolute Gasteiger partial charge is 0.352 e. The molecule has 1 fully saturated rings. The number of carbonyl (C=O) groups excluding carboxylic acids is 1. The molecular formula is C18H29N3O3S. The standard InChI is InChI=1S/C18H29N3O3S/c1-14-7-9-21(10-8-14)25(23,24)13-17-6-4-3-5-16(17)12-20-18(22)11-15(2)19/h3-6,14-15H,7-13,19H2,1-2H3,(H,20,22). The van der Waals surface area contributed by atoms with Gasteiger partial charge in [-0.15, -0.1) is 0 Å². The van der Waals surface area contributed by atoms with E-state index in [1.807, 2.05) is 24.3 Å². The molecule has 1 aliphatic rings. The van der Waals surface area contributed by atoms with E-state index in [1.165, 1.54) is 0 Å². The minimum absolute atomic E-state index is 0.0271. The van der Waals surface area contributed by atoms with Gasteiger partial charge in [0.2, 0.25) is 15.9 Å². The first-order valence-corrected chi connectivity index (χ1v) is 10.5. The first-order valence-electron chi connectivity index (χ1n) is 8.85. The molecule has 1 heterocycles. The Kier molecular flexibility index (Phi) is 6.98. The number of nitrogens with zero attached hydrogens (tertiary/aromatic N) is 1. The van der Waals surface area contributed by atoms with Crippen molar-refractivity contribution in [2.75, 3.05) is 13.1 Å². The van der Waals surface area contributed by atoms with Crippen molar-refractivity contribution in [3.8, 4) is 0 Å². The molecule has 7 heteroatoms. The minimum atomic E-state index is -3.34. The van der Waals surface area contributed by atoms with Crippen LogP contribution in [0.5, 0.6) is 0 Å². The van der Waals surface area contributed by atoms with Crippen molar-refractivity contribution in [2.45, 2.75) is 51.4 Å². The lowest BCUT2D eigenvalue weighted by molar-refractivity contribution is -0.121. The van der Waals surface area contributed by atoms with Crippen LogP contribution >= 0.6 is 0 Å². The van der Waals surface area contributed by atoms with Gasteiger partial charge >= 0.3 is 0 Å². The van der Waals surface area contributed by atoms with Crippen molar-refractivity contribution in [1.82, 2.24) is 9.62 Å². The van der Waals surface area contributed by atoms with Gasteiger partial charge in [0.1, 0.15) is 0 Å². The van der Waals surface area contributed by atoms with E-state index in [-0.39, 0.29) is 24.1 Å². The van der Waals surface area contributed by atoms with Crippen molar-refractivity contribution in [3.05, 3.63) is 35.4 Å². The van der Waals surface area contributed by atoms with E-state index >= 15 is 0 Å². The third-order valence-electron chi connectivity index (χ3n) is 4.58. The summed E-state index contributed by atoms with van der Waals surface area (Å²) in [6.45, 7) is 5.44. The summed E-state index contributed by atoms with van der Waals surface area (Å²) in [6, 6.07) is 7.16. The van der Waals surface area contributed by atoms with E-state index in [1.54, 1.807) is 11.2 Å². The fraction of sp³-hybridized carbons (Fsp3) is 0.611. The Morgan fingerprint density at radius 2 is 1.88 bits per heavy atom. The minimum Gasteiger partial charge on any atom is -0.352 e. The molecule has 1 aliphatic heterocycles. The van der Waals surface area contributed by atoms with Crippen LogP contribution in [-0.4, -0.2) is 37.8 Å². The van der Waals surface area contributed by atoms with Gasteiger partial charge < -0.3 is 11.1 Å². The second kappa shape index (κ2) is 8.78. The smallest absolute Gasteiger partial charge is 0.221 e. The Balaban J connectivity index is 2.03. The molecule has 1 atom stereocenters. The normalized spacial score (nSPS) is 18.0. The van der Waals surface area contributed by atoms with Crippen LogP contribution in [0.25, 0.3) is 0 Å². The number of hydrogen-bond donors (Lipinski definition) is 2. The Morgan fingerprint density at radius 3 is 2.48 bits per heavy atom. The molecule has 140 valence electrons. The second-order valence-electron chi connectivity index (χ2n) is 7.06. The second-order valence-corrected chi connectivity index (χ2v) is 9.03. The van der Waals surface area contributed by atoms with Crippen LogP contribution in [-0.2, 0) is 27.1 Å². The van der Waals surface area contributed by atoms with Crippen LogP contribution in [0.15, 0.2) is 24.3 Å². The molecule has 0 saturated carbocycles. The fourth-order valence-electron chi connectivity index (χ4n) is 2.98. The average Bonchev–Trinajstić information content (AvgIpc) is 2.53. The molecule has 6 nitrogen and oxygen atoms in total. The van der Waals surface area contributed by atoms with Crippen LogP contribution < -0.4 is 11.1 Å². The van der Waals surface area contributed by atoms with Crippen molar-refractivity contribution >= 4 is 15.9 Å². The lowest BCUT2D eigenvalue weighted by atomic mass is 10.0. The zero-order chi connectivity index (χ0) is 18.4. The van der Waals surface area contributed by atoms with Gasteiger partial charge in [-0.05, 0) is 36.8 Å².